The van der Waals surface area contributed by atoms with Crippen LogP contribution in [0.3, 0.4) is 0 Å². The van der Waals surface area contributed by atoms with Gasteiger partial charge < -0.3 is 25.4 Å². The molecule has 208 valence electrons. The molecule has 1 spiro atoms. The Labute approximate surface area is 229 Å². The lowest BCUT2D eigenvalue weighted by Crippen LogP contribution is -2.57. The summed E-state index contributed by atoms with van der Waals surface area (Å²) in [5.41, 5.74) is 1.01. The minimum absolute atomic E-state index is 0.0259. The molecular formula is C28H40N4O5S. The van der Waals surface area contributed by atoms with Gasteiger partial charge in [0.15, 0.2) is 0 Å². The number of aliphatic hydroxyl groups is 1. The quantitative estimate of drug-likeness (QED) is 0.355. The van der Waals surface area contributed by atoms with E-state index >= 15 is 0 Å². The van der Waals surface area contributed by atoms with Crippen molar-refractivity contribution in [3.63, 3.8) is 0 Å². The molecule has 9 nitrogen and oxygen atoms in total. The van der Waals surface area contributed by atoms with E-state index in [1.807, 2.05) is 30.3 Å². The molecule has 0 radical (unpaired) electrons. The first-order valence-electron chi connectivity index (χ1n) is 14.0. The third-order valence-corrected chi connectivity index (χ3v) is 10.8. The molecular weight excluding hydrogens is 504 g/mol. The number of nitrogens with one attached hydrogen (secondary N) is 2. The standard InChI is InChI=1S/C28H40N4O5S/c1-19-17-21-22(25(34)30-18-20-7-3-2-4-8-20)23-27(36)32(10-5-6-14-33)24(28(19,23)38-21)26(35)29-9-11-31-12-15-37-16-13-31/h2-4,7-8,19,21-24,33H,5-6,9-18H2,1H3,(H,29,35)(H,30,34)/t19?,21-,22+,23+,24?,28?/m1/s1. The van der Waals surface area contributed by atoms with Gasteiger partial charge in [-0.05, 0) is 30.7 Å². The number of unbranched alkanes of at least 4 members (excludes halogenated alkanes) is 1. The summed E-state index contributed by atoms with van der Waals surface area (Å²) in [4.78, 5) is 45.4. The van der Waals surface area contributed by atoms with Crippen molar-refractivity contribution in [3.8, 4) is 0 Å². The van der Waals surface area contributed by atoms with E-state index in [2.05, 4.69) is 22.5 Å². The summed E-state index contributed by atoms with van der Waals surface area (Å²) >= 11 is 1.70. The normalized spacial score (nSPS) is 32.4. The number of likely N-dealkylation sites (tertiary alicyclic amines) is 1. The van der Waals surface area contributed by atoms with Crippen molar-refractivity contribution in [2.24, 2.45) is 17.8 Å². The van der Waals surface area contributed by atoms with Gasteiger partial charge in [0.2, 0.25) is 17.7 Å². The first-order chi connectivity index (χ1) is 18.5. The van der Waals surface area contributed by atoms with E-state index in [0.717, 1.165) is 31.6 Å². The highest BCUT2D eigenvalue weighted by Gasteiger charge is 2.75. The summed E-state index contributed by atoms with van der Waals surface area (Å²) in [6.45, 7) is 7.39. The third kappa shape index (κ3) is 5.08. The van der Waals surface area contributed by atoms with Gasteiger partial charge in [-0.25, -0.2) is 0 Å². The van der Waals surface area contributed by atoms with E-state index in [0.29, 0.717) is 45.7 Å². The molecule has 1 aromatic carbocycles. The summed E-state index contributed by atoms with van der Waals surface area (Å²) in [7, 11) is 0. The van der Waals surface area contributed by atoms with Gasteiger partial charge in [-0.3, -0.25) is 19.3 Å². The Kier molecular flexibility index (Phi) is 8.62. The molecule has 4 saturated heterocycles. The summed E-state index contributed by atoms with van der Waals surface area (Å²) < 4.78 is 4.81. The molecule has 4 fully saturated rings. The van der Waals surface area contributed by atoms with E-state index in [1.165, 1.54) is 0 Å². The minimum Gasteiger partial charge on any atom is -0.396 e. The van der Waals surface area contributed by atoms with E-state index in [-0.39, 0.29) is 35.5 Å². The summed E-state index contributed by atoms with van der Waals surface area (Å²) in [6.07, 6.45) is 2.01. The average molecular weight is 545 g/mol. The van der Waals surface area contributed by atoms with E-state index in [1.54, 1.807) is 16.7 Å². The second kappa shape index (κ2) is 11.9. The fourth-order valence-electron chi connectivity index (χ4n) is 6.92. The smallest absolute Gasteiger partial charge is 0.244 e. The van der Waals surface area contributed by atoms with Crippen LogP contribution in [-0.4, -0.2) is 101 Å². The van der Waals surface area contributed by atoms with Crippen LogP contribution in [0.4, 0.5) is 0 Å². The molecule has 38 heavy (non-hydrogen) atoms. The molecule has 1 aromatic rings. The lowest BCUT2D eigenvalue weighted by Gasteiger charge is -2.38. The Morgan fingerprint density at radius 3 is 2.61 bits per heavy atom. The molecule has 0 aromatic heterocycles. The van der Waals surface area contributed by atoms with Crippen LogP contribution in [0.2, 0.25) is 0 Å². The van der Waals surface area contributed by atoms with Crippen LogP contribution in [0.1, 0.15) is 31.7 Å². The Morgan fingerprint density at radius 1 is 1.11 bits per heavy atom. The fraction of sp³-hybridized carbons (Fsp3) is 0.679. The van der Waals surface area contributed by atoms with Crippen LogP contribution in [0, 0.1) is 17.8 Å². The van der Waals surface area contributed by atoms with Gasteiger partial charge in [-0.2, -0.15) is 0 Å². The summed E-state index contributed by atoms with van der Waals surface area (Å²) in [6, 6.07) is 9.16. The minimum atomic E-state index is -0.612. The number of nitrogens with zero attached hydrogens (tertiary/aromatic N) is 2. The highest BCUT2D eigenvalue weighted by molar-refractivity contribution is 8.02. The molecule has 4 heterocycles. The molecule has 0 saturated carbocycles. The summed E-state index contributed by atoms with van der Waals surface area (Å²) in [5.74, 6) is -1.12. The number of thioether (sulfide) groups is 1. The average Bonchev–Trinajstić information content (AvgIpc) is 3.52. The molecule has 3 amide bonds. The maximum atomic E-state index is 14.0. The highest BCUT2D eigenvalue weighted by Crippen LogP contribution is 2.68. The number of benzene rings is 1. The van der Waals surface area contributed by atoms with Gasteiger partial charge in [-0.1, -0.05) is 37.3 Å². The molecule has 6 atom stereocenters. The van der Waals surface area contributed by atoms with Crippen molar-refractivity contribution in [2.45, 2.75) is 48.8 Å². The predicted octanol–water partition coefficient (Wildman–Crippen LogP) is 0.861. The number of aliphatic hydroxyl groups excluding tert-OH is 1. The molecule has 3 N–H and O–H groups in total. The topological polar surface area (TPSA) is 111 Å². The Hall–Kier alpha value is -2.14. The number of carbonyl (C=O) groups is 3. The first-order valence-corrected chi connectivity index (χ1v) is 14.8. The number of hydrogen-bond acceptors (Lipinski definition) is 7. The largest absolute Gasteiger partial charge is 0.396 e. The number of fused-ring (bicyclic) bond motifs is 1. The highest BCUT2D eigenvalue weighted by atomic mass is 32.2. The Morgan fingerprint density at radius 2 is 1.87 bits per heavy atom. The van der Waals surface area contributed by atoms with Gasteiger partial charge in [0.25, 0.3) is 0 Å². The zero-order valence-electron chi connectivity index (χ0n) is 22.1. The monoisotopic (exact) mass is 544 g/mol. The second-order valence-corrected chi connectivity index (χ2v) is 12.5. The van der Waals surface area contributed by atoms with E-state index in [9.17, 15) is 19.5 Å². The fourth-order valence-corrected chi connectivity index (χ4v) is 9.34. The van der Waals surface area contributed by atoms with Crippen LogP contribution in [0.15, 0.2) is 30.3 Å². The SMILES string of the molecule is CC1C[C@H]2SC13C(C(=O)NCCN1CCOCC1)N(CCCCO)C(=O)[C@@H]3[C@H]2C(=O)NCc1ccccc1. The van der Waals surface area contributed by atoms with Crippen molar-refractivity contribution in [1.29, 1.82) is 0 Å². The zero-order valence-corrected chi connectivity index (χ0v) is 23.0. The zero-order chi connectivity index (χ0) is 26.7. The number of ether oxygens (including phenoxy) is 1. The van der Waals surface area contributed by atoms with Crippen LogP contribution in [-0.2, 0) is 25.7 Å². The van der Waals surface area contributed by atoms with Gasteiger partial charge in [-0.15, -0.1) is 11.8 Å². The maximum Gasteiger partial charge on any atom is 0.244 e. The Balaban J connectivity index is 1.34. The predicted molar refractivity (Wildman–Crippen MR) is 145 cm³/mol. The number of morpholine rings is 1. The third-order valence-electron chi connectivity index (χ3n) is 8.74. The Bertz CT molecular complexity index is 1010. The second-order valence-electron chi connectivity index (χ2n) is 11.0. The lowest BCUT2D eigenvalue weighted by atomic mass is 9.66. The summed E-state index contributed by atoms with van der Waals surface area (Å²) in [5, 5.41) is 15.6. The molecule has 0 aliphatic carbocycles. The number of carbonyl (C=O) groups excluding carboxylic acids is 3. The number of amides is 3. The van der Waals surface area contributed by atoms with Crippen molar-refractivity contribution < 1.29 is 24.2 Å². The van der Waals surface area contributed by atoms with Gasteiger partial charge in [0.05, 0.1) is 29.8 Å². The molecule has 10 heteroatoms. The van der Waals surface area contributed by atoms with Crippen molar-refractivity contribution in [3.05, 3.63) is 35.9 Å². The van der Waals surface area contributed by atoms with E-state index in [4.69, 9.17) is 4.74 Å². The van der Waals surface area contributed by atoms with Gasteiger partial charge in [0, 0.05) is 51.1 Å². The molecule has 5 rings (SSSR count). The van der Waals surface area contributed by atoms with E-state index < -0.39 is 22.6 Å². The van der Waals surface area contributed by atoms with Crippen molar-refractivity contribution >= 4 is 29.5 Å². The molecule has 3 unspecified atom stereocenters. The lowest BCUT2D eigenvalue weighted by molar-refractivity contribution is -0.140. The first kappa shape index (κ1) is 27.4. The van der Waals surface area contributed by atoms with Crippen LogP contribution < -0.4 is 10.6 Å². The van der Waals surface area contributed by atoms with Crippen molar-refractivity contribution in [1.82, 2.24) is 20.4 Å². The number of rotatable bonds is 11. The van der Waals surface area contributed by atoms with Gasteiger partial charge in [0.1, 0.15) is 6.04 Å². The number of hydrogen-bond donors (Lipinski definition) is 3. The van der Waals surface area contributed by atoms with Crippen LogP contribution in [0.25, 0.3) is 0 Å². The molecule has 4 aliphatic rings. The van der Waals surface area contributed by atoms with Crippen LogP contribution in [0.5, 0.6) is 0 Å². The molecule has 4 aliphatic heterocycles. The van der Waals surface area contributed by atoms with Gasteiger partial charge >= 0.3 is 0 Å². The molecule has 2 bridgehead atoms. The van der Waals surface area contributed by atoms with Crippen LogP contribution >= 0.6 is 11.8 Å². The van der Waals surface area contributed by atoms with Crippen molar-refractivity contribution in [2.75, 3.05) is 52.5 Å². The maximum absolute atomic E-state index is 14.0.